The highest BCUT2D eigenvalue weighted by molar-refractivity contribution is 5.83. The number of pyridine rings is 2. The molecule has 1 aromatic carbocycles. The van der Waals surface area contributed by atoms with Gasteiger partial charge in [-0.15, -0.1) is 0 Å². The topological polar surface area (TPSA) is 55.0 Å². The van der Waals surface area contributed by atoms with Crippen molar-refractivity contribution in [3.63, 3.8) is 0 Å². The summed E-state index contributed by atoms with van der Waals surface area (Å²) in [5.74, 6) is 0.959. The fraction of sp³-hybridized carbons (Fsp3) is 0.176. The number of nitrogens with two attached hydrogens (primary N) is 1. The van der Waals surface area contributed by atoms with Crippen molar-refractivity contribution in [1.29, 1.82) is 0 Å². The number of hydrogen-bond donors (Lipinski definition) is 1. The first-order valence-electron chi connectivity index (χ1n) is 7.07. The Morgan fingerprint density at radius 2 is 2.00 bits per heavy atom. The second kappa shape index (κ2) is 5.79. The molecule has 106 valence electrons. The fourth-order valence-corrected chi connectivity index (χ4v) is 2.35. The van der Waals surface area contributed by atoms with Gasteiger partial charge in [-0.2, -0.15) is 0 Å². The number of rotatable bonds is 4. The van der Waals surface area contributed by atoms with Crippen molar-refractivity contribution in [3.8, 4) is 0 Å². The molecule has 0 radical (unpaired) electrons. The van der Waals surface area contributed by atoms with Gasteiger partial charge in [0.15, 0.2) is 0 Å². The van der Waals surface area contributed by atoms with Crippen LogP contribution in [0.1, 0.15) is 12.6 Å². The Morgan fingerprint density at radius 1 is 1.10 bits per heavy atom. The third-order valence-electron chi connectivity index (χ3n) is 3.48. The lowest BCUT2D eigenvalue weighted by Gasteiger charge is -2.21. The lowest BCUT2D eigenvalue weighted by molar-refractivity contribution is 0.796. The largest absolute Gasteiger partial charge is 0.399 e. The SMILES string of the molecule is CCN(Cc1ccccn1)c1ccc2cc(N)ccc2n1. The molecule has 0 aliphatic carbocycles. The highest BCUT2D eigenvalue weighted by atomic mass is 15.2. The third kappa shape index (κ3) is 2.94. The van der Waals surface area contributed by atoms with E-state index in [1.54, 1.807) is 0 Å². The molecule has 4 nitrogen and oxygen atoms in total. The van der Waals surface area contributed by atoms with E-state index in [9.17, 15) is 0 Å². The molecule has 3 rings (SSSR count). The summed E-state index contributed by atoms with van der Waals surface area (Å²) in [4.78, 5) is 11.3. The highest BCUT2D eigenvalue weighted by Crippen LogP contribution is 2.21. The average Bonchev–Trinajstić information content (AvgIpc) is 2.53. The Hall–Kier alpha value is -2.62. The van der Waals surface area contributed by atoms with Gasteiger partial charge in [0.1, 0.15) is 5.82 Å². The quantitative estimate of drug-likeness (QED) is 0.744. The summed E-state index contributed by atoms with van der Waals surface area (Å²) in [6, 6.07) is 15.9. The fourth-order valence-electron chi connectivity index (χ4n) is 2.35. The predicted octanol–water partition coefficient (Wildman–Crippen LogP) is 3.24. The Labute approximate surface area is 124 Å². The maximum atomic E-state index is 5.80. The van der Waals surface area contributed by atoms with E-state index in [0.717, 1.165) is 41.2 Å². The van der Waals surface area contributed by atoms with Crippen molar-refractivity contribution in [1.82, 2.24) is 9.97 Å². The van der Waals surface area contributed by atoms with E-state index in [2.05, 4.69) is 22.9 Å². The van der Waals surface area contributed by atoms with Gasteiger partial charge in [0, 0.05) is 23.8 Å². The molecule has 3 aromatic rings. The normalized spacial score (nSPS) is 10.7. The molecule has 2 N–H and O–H groups in total. The molecular formula is C17H18N4. The van der Waals surface area contributed by atoms with Gasteiger partial charge in [-0.3, -0.25) is 4.98 Å². The third-order valence-corrected chi connectivity index (χ3v) is 3.48. The first kappa shape index (κ1) is 13.4. The Kier molecular flexibility index (Phi) is 3.69. The summed E-state index contributed by atoms with van der Waals surface area (Å²) >= 11 is 0. The summed E-state index contributed by atoms with van der Waals surface area (Å²) in [6.07, 6.45) is 1.82. The van der Waals surface area contributed by atoms with Crippen LogP contribution < -0.4 is 10.6 Å². The summed E-state index contributed by atoms with van der Waals surface area (Å²) in [5, 5.41) is 1.06. The van der Waals surface area contributed by atoms with Gasteiger partial charge in [-0.05, 0) is 49.4 Å². The first-order valence-corrected chi connectivity index (χ1v) is 7.07. The highest BCUT2D eigenvalue weighted by Gasteiger charge is 2.08. The lowest BCUT2D eigenvalue weighted by Crippen LogP contribution is -2.23. The van der Waals surface area contributed by atoms with Gasteiger partial charge < -0.3 is 10.6 Å². The molecule has 2 aromatic heterocycles. The minimum Gasteiger partial charge on any atom is -0.399 e. The van der Waals surface area contributed by atoms with Crippen LogP contribution in [0.3, 0.4) is 0 Å². The van der Waals surface area contributed by atoms with E-state index < -0.39 is 0 Å². The molecule has 0 fully saturated rings. The minimum absolute atomic E-state index is 0.755. The average molecular weight is 278 g/mol. The Bertz CT molecular complexity index is 740. The van der Waals surface area contributed by atoms with Crippen LogP contribution in [0.4, 0.5) is 11.5 Å². The molecule has 0 saturated heterocycles. The van der Waals surface area contributed by atoms with Gasteiger partial charge in [0.05, 0.1) is 17.8 Å². The first-order chi connectivity index (χ1) is 10.3. The monoisotopic (exact) mass is 278 g/mol. The van der Waals surface area contributed by atoms with Crippen molar-refractivity contribution in [3.05, 3.63) is 60.4 Å². The minimum atomic E-state index is 0.755. The molecule has 0 bridgehead atoms. The van der Waals surface area contributed by atoms with E-state index >= 15 is 0 Å². The summed E-state index contributed by atoms with van der Waals surface area (Å²) in [5.41, 5.74) is 8.57. The number of nitrogens with zero attached hydrogens (tertiary/aromatic N) is 3. The van der Waals surface area contributed by atoms with Crippen molar-refractivity contribution in [2.24, 2.45) is 0 Å². The number of fused-ring (bicyclic) bond motifs is 1. The smallest absolute Gasteiger partial charge is 0.129 e. The standard InChI is InChI=1S/C17H18N4/c1-2-21(12-15-5-3-4-10-19-15)17-9-6-13-11-14(18)7-8-16(13)20-17/h3-11H,2,12,18H2,1H3. The number of nitrogen functional groups attached to an aromatic ring is 1. The Balaban J connectivity index is 1.91. The van der Waals surface area contributed by atoms with Gasteiger partial charge in [0.25, 0.3) is 0 Å². The van der Waals surface area contributed by atoms with Crippen LogP contribution in [0.2, 0.25) is 0 Å². The predicted molar refractivity (Wildman–Crippen MR) is 87.1 cm³/mol. The van der Waals surface area contributed by atoms with E-state index in [1.807, 2.05) is 48.7 Å². The number of anilines is 2. The van der Waals surface area contributed by atoms with Crippen LogP contribution in [0.15, 0.2) is 54.7 Å². The van der Waals surface area contributed by atoms with Crippen LogP contribution in [0.5, 0.6) is 0 Å². The molecule has 21 heavy (non-hydrogen) atoms. The molecule has 0 spiro atoms. The molecule has 0 amide bonds. The molecular weight excluding hydrogens is 260 g/mol. The molecule has 0 unspecified atom stereocenters. The lowest BCUT2D eigenvalue weighted by atomic mass is 10.2. The van der Waals surface area contributed by atoms with Gasteiger partial charge in [0.2, 0.25) is 0 Å². The zero-order valence-electron chi connectivity index (χ0n) is 12.0. The number of benzene rings is 1. The summed E-state index contributed by atoms with van der Waals surface area (Å²) < 4.78 is 0. The van der Waals surface area contributed by atoms with Crippen LogP contribution >= 0.6 is 0 Å². The number of aromatic nitrogens is 2. The molecule has 4 heteroatoms. The molecule has 0 aliphatic heterocycles. The van der Waals surface area contributed by atoms with Gasteiger partial charge in [-0.1, -0.05) is 6.07 Å². The number of hydrogen-bond acceptors (Lipinski definition) is 4. The van der Waals surface area contributed by atoms with E-state index in [0.29, 0.717) is 0 Å². The van der Waals surface area contributed by atoms with E-state index in [4.69, 9.17) is 10.7 Å². The van der Waals surface area contributed by atoms with Gasteiger partial charge >= 0.3 is 0 Å². The van der Waals surface area contributed by atoms with E-state index in [-0.39, 0.29) is 0 Å². The van der Waals surface area contributed by atoms with Crippen molar-refractivity contribution in [2.75, 3.05) is 17.2 Å². The Morgan fingerprint density at radius 3 is 2.76 bits per heavy atom. The summed E-state index contributed by atoms with van der Waals surface area (Å²) in [6.45, 7) is 3.76. The zero-order valence-corrected chi connectivity index (χ0v) is 12.0. The molecule has 0 saturated carbocycles. The molecule has 0 aliphatic rings. The second-order valence-corrected chi connectivity index (χ2v) is 4.96. The van der Waals surface area contributed by atoms with Gasteiger partial charge in [-0.25, -0.2) is 4.98 Å². The van der Waals surface area contributed by atoms with Crippen molar-refractivity contribution in [2.45, 2.75) is 13.5 Å². The maximum absolute atomic E-state index is 5.80. The van der Waals surface area contributed by atoms with Crippen LogP contribution in [-0.4, -0.2) is 16.5 Å². The second-order valence-electron chi connectivity index (χ2n) is 4.96. The zero-order chi connectivity index (χ0) is 14.7. The van der Waals surface area contributed by atoms with E-state index in [1.165, 1.54) is 0 Å². The summed E-state index contributed by atoms with van der Waals surface area (Å²) in [7, 11) is 0. The van der Waals surface area contributed by atoms with Crippen molar-refractivity contribution >= 4 is 22.4 Å². The molecule has 0 atom stereocenters. The van der Waals surface area contributed by atoms with Crippen LogP contribution in [0.25, 0.3) is 10.9 Å². The maximum Gasteiger partial charge on any atom is 0.129 e. The van der Waals surface area contributed by atoms with Crippen LogP contribution in [-0.2, 0) is 6.54 Å². The molecule has 2 heterocycles. The van der Waals surface area contributed by atoms with Crippen molar-refractivity contribution < 1.29 is 0 Å². The van der Waals surface area contributed by atoms with Crippen LogP contribution in [0, 0.1) is 0 Å².